The van der Waals surface area contributed by atoms with Crippen LogP contribution in [0.15, 0.2) is 35.3 Å². The molecule has 0 aliphatic carbocycles. The average molecular weight is 314 g/mol. The zero-order chi connectivity index (χ0) is 16.1. The smallest absolute Gasteiger partial charge is 0.193 e. The van der Waals surface area contributed by atoms with Crippen LogP contribution in [-0.2, 0) is 5.41 Å². The fourth-order valence-electron chi connectivity index (χ4n) is 3.55. The molecule has 0 spiro atoms. The first-order chi connectivity index (χ1) is 11.2. The van der Waals surface area contributed by atoms with Gasteiger partial charge in [0.05, 0.1) is 6.54 Å². The van der Waals surface area contributed by atoms with Crippen LogP contribution in [0.1, 0.15) is 32.3 Å². The van der Waals surface area contributed by atoms with Crippen molar-refractivity contribution in [3.63, 3.8) is 0 Å². The maximum Gasteiger partial charge on any atom is 0.193 e. The van der Waals surface area contributed by atoms with Gasteiger partial charge in [0.1, 0.15) is 0 Å². The minimum absolute atomic E-state index is 0.231. The molecule has 2 fully saturated rings. The predicted octanol–water partition coefficient (Wildman–Crippen LogP) is 2.32. The second-order valence-corrected chi connectivity index (χ2v) is 7.03. The quantitative estimate of drug-likeness (QED) is 0.668. The van der Waals surface area contributed by atoms with E-state index in [4.69, 9.17) is 4.99 Å². The molecule has 23 heavy (non-hydrogen) atoms. The van der Waals surface area contributed by atoms with Crippen molar-refractivity contribution in [3.05, 3.63) is 35.9 Å². The van der Waals surface area contributed by atoms with Gasteiger partial charge in [0, 0.05) is 31.6 Å². The summed E-state index contributed by atoms with van der Waals surface area (Å²) in [6.07, 6.45) is 2.54. The second-order valence-electron chi connectivity index (χ2n) is 7.03. The van der Waals surface area contributed by atoms with E-state index in [-0.39, 0.29) is 5.41 Å². The first kappa shape index (κ1) is 16.3. The summed E-state index contributed by atoms with van der Waals surface area (Å²) >= 11 is 0. The van der Waals surface area contributed by atoms with Crippen molar-refractivity contribution in [3.8, 4) is 0 Å². The summed E-state index contributed by atoms with van der Waals surface area (Å²) < 4.78 is 0. The molecule has 1 N–H and O–H groups in total. The van der Waals surface area contributed by atoms with Crippen LogP contribution in [0.25, 0.3) is 0 Å². The molecule has 0 radical (unpaired) electrons. The van der Waals surface area contributed by atoms with E-state index in [1.54, 1.807) is 0 Å². The van der Waals surface area contributed by atoms with Crippen LogP contribution in [0, 0.1) is 0 Å². The molecule has 0 bridgehead atoms. The Kier molecular flexibility index (Phi) is 5.21. The molecule has 2 aliphatic heterocycles. The Balaban J connectivity index is 1.62. The number of rotatable bonds is 5. The number of aliphatic imine (C=N–C) groups is 1. The third kappa shape index (κ3) is 3.86. The van der Waals surface area contributed by atoms with Crippen molar-refractivity contribution in [1.82, 2.24) is 15.1 Å². The number of guanidine groups is 1. The zero-order valence-electron chi connectivity index (χ0n) is 14.6. The summed E-state index contributed by atoms with van der Waals surface area (Å²) in [7, 11) is 0. The van der Waals surface area contributed by atoms with Crippen molar-refractivity contribution in [2.24, 2.45) is 4.99 Å². The van der Waals surface area contributed by atoms with Gasteiger partial charge in [-0.1, -0.05) is 37.3 Å². The molecule has 2 heterocycles. The summed E-state index contributed by atoms with van der Waals surface area (Å²) in [4.78, 5) is 9.78. The van der Waals surface area contributed by atoms with E-state index in [2.05, 4.69) is 59.3 Å². The fraction of sp³-hybridized carbons (Fsp3) is 0.632. The number of benzene rings is 1. The van der Waals surface area contributed by atoms with Crippen LogP contribution >= 0.6 is 0 Å². The first-order valence-electron chi connectivity index (χ1n) is 9.02. The lowest BCUT2D eigenvalue weighted by Gasteiger charge is -2.30. The molecule has 4 heteroatoms. The lowest BCUT2D eigenvalue weighted by atomic mass is 9.82. The summed E-state index contributed by atoms with van der Waals surface area (Å²) in [5.41, 5.74) is 1.67. The van der Waals surface area contributed by atoms with Crippen LogP contribution in [0.4, 0.5) is 0 Å². The Labute approximate surface area is 140 Å². The van der Waals surface area contributed by atoms with Crippen LogP contribution in [0.3, 0.4) is 0 Å². The molecule has 1 atom stereocenters. The van der Waals surface area contributed by atoms with Gasteiger partial charge >= 0.3 is 0 Å². The van der Waals surface area contributed by atoms with E-state index in [0.29, 0.717) is 0 Å². The number of hydrogen-bond acceptors (Lipinski definition) is 2. The van der Waals surface area contributed by atoms with Gasteiger partial charge in [-0.15, -0.1) is 0 Å². The highest BCUT2D eigenvalue weighted by Gasteiger charge is 2.36. The third-order valence-electron chi connectivity index (χ3n) is 5.20. The van der Waals surface area contributed by atoms with Gasteiger partial charge in [0.2, 0.25) is 0 Å². The van der Waals surface area contributed by atoms with E-state index in [9.17, 15) is 0 Å². The average Bonchev–Trinajstić information content (AvgIpc) is 2.93. The number of nitrogens with zero attached hydrogens (tertiary/aromatic N) is 3. The SMILES string of the molecule is CCNC(=NCCN1CCC1)N1CCC(C)(c2ccccc2)C1. The van der Waals surface area contributed by atoms with Gasteiger partial charge in [-0.3, -0.25) is 4.99 Å². The Morgan fingerprint density at radius 1 is 1.22 bits per heavy atom. The van der Waals surface area contributed by atoms with Gasteiger partial charge < -0.3 is 15.1 Å². The third-order valence-corrected chi connectivity index (χ3v) is 5.20. The molecule has 0 aromatic heterocycles. The number of hydrogen-bond donors (Lipinski definition) is 1. The van der Waals surface area contributed by atoms with E-state index in [0.717, 1.165) is 38.7 Å². The second kappa shape index (κ2) is 7.35. The molecule has 3 rings (SSSR count). The normalized spacial score (nSPS) is 25.5. The predicted molar refractivity (Wildman–Crippen MR) is 97.0 cm³/mol. The van der Waals surface area contributed by atoms with E-state index in [1.165, 1.54) is 31.5 Å². The topological polar surface area (TPSA) is 30.9 Å². The number of likely N-dealkylation sites (tertiary alicyclic amines) is 2. The highest BCUT2D eigenvalue weighted by molar-refractivity contribution is 5.80. The van der Waals surface area contributed by atoms with Gasteiger partial charge in [-0.2, -0.15) is 0 Å². The lowest BCUT2D eigenvalue weighted by molar-refractivity contribution is 0.187. The fourth-order valence-corrected chi connectivity index (χ4v) is 3.55. The maximum absolute atomic E-state index is 4.87. The molecule has 1 aromatic carbocycles. The minimum atomic E-state index is 0.231. The zero-order valence-corrected chi connectivity index (χ0v) is 14.6. The van der Waals surface area contributed by atoms with Crippen LogP contribution in [-0.4, -0.2) is 61.6 Å². The van der Waals surface area contributed by atoms with Crippen molar-refractivity contribution in [1.29, 1.82) is 0 Å². The molecule has 2 aliphatic rings. The van der Waals surface area contributed by atoms with Crippen LogP contribution in [0.2, 0.25) is 0 Å². The molecule has 4 nitrogen and oxygen atoms in total. The van der Waals surface area contributed by atoms with Gasteiger partial charge in [-0.25, -0.2) is 0 Å². The number of nitrogens with one attached hydrogen (secondary N) is 1. The summed E-state index contributed by atoms with van der Waals surface area (Å²) in [5.74, 6) is 1.09. The Morgan fingerprint density at radius 3 is 2.65 bits per heavy atom. The molecular weight excluding hydrogens is 284 g/mol. The Bertz CT molecular complexity index is 523. The molecule has 1 aromatic rings. The molecule has 0 saturated carbocycles. The minimum Gasteiger partial charge on any atom is -0.357 e. The Morgan fingerprint density at radius 2 is 2.00 bits per heavy atom. The van der Waals surface area contributed by atoms with E-state index < -0.39 is 0 Å². The molecular formula is C19H30N4. The van der Waals surface area contributed by atoms with Crippen LogP contribution in [0.5, 0.6) is 0 Å². The largest absolute Gasteiger partial charge is 0.357 e. The highest BCUT2D eigenvalue weighted by atomic mass is 15.3. The maximum atomic E-state index is 4.87. The summed E-state index contributed by atoms with van der Waals surface area (Å²) in [6, 6.07) is 10.9. The lowest BCUT2D eigenvalue weighted by Crippen LogP contribution is -2.43. The first-order valence-corrected chi connectivity index (χ1v) is 9.02. The van der Waals surface area contributed by atoms with Crippen molar-refractivity contribution < 1.29 is 0 Å². The highest BCUT2D eigenvalue weighted by Crippen LogP contribution is 2.33. The monoisotopic (exact) mass is 314 g/mol. The molecule has 2 saturated heterocycles. The van der Waals surface area contributed by atoms with E-state index in [1.807, 2.05) is 0 Å². The standard InChI is InChI=1S/C19H30N4/c1-3-20-18(21-11-15-22-12-7-13-22)23-14-10-19(2,16-23)17-8-5-4-6-9-17/h4-6,8-9H,3,7,10-16H2,1-2H3,(H,20,21). The van der Waals surface area contributed by atoms with Gasteiger partial charge in [-0.05, 0) is 38.4 Å². The van der Waals surface area contributed by atoms with Crippen LogP contribution < -0.4 is 5.32 Å². The summed E-state index contributed by atoms with van der Waals surface area (Å²) in [6.45, 7) is 12.1. The molecule has 1 unspecified atom stereocenters. The van der Waals surface area contributed by atoms with Crippen molar-refractivity contribution in [2.45, 2.75) is 32.1 Å². The van der Waals surface area contributed by atoms with Crippen molar-refractivity contribution >= 4 is 5.96 Å². The summed E-state index contributed by atoms with van der Waals surface area (Å²) in [5, 5.41) is 3.48. The Hall–Kier alpha value is -1.55. The van der Waals surface area contributed by atoms with Gasteiger partial charge in [0.15, 0.2) is 5.96 Å². The molecule has 126 valence electrons. The van der Waals surface area contributed by atoms with Gasteiger partial charge in [0.25, 0.3) is 0 Å². The molecule has 0 amide bonds. The van der Waals surface area contributed by atoms with Crippen molar-refractivity contribution in [2.75, 3.05) is 45.8 Å². The van der Waals surface area contributed by atoms with E-state index >= 15 is 0 Å².